The molecule has 0 bridgehead atoms. The van der Waals surface area contributed by atoms with Gasteiger partial charge in [-0.15, -0.1) is 5.10 Å². The smallest absolute Gasteiger partial charge is 0.207 e. The second-order valence-electron chi connectivity index (χ2n) is 6.87. The van der Waals surface area contributed by atoms with Gasteiger partial charge >= 0.3 is 0 Å². The molecule has 0 aliphatic heterocycles. The zero-order chi connectivity index (χ0) is 22.0. The first-order chi connectivity index (χ1) is 15.0. The SMILES string of the molecule is COc1cccc(-n2cc(-c3ccccc3S(=O)(=O)c3ccc(C)cc3)nn2)c1OC. The lowest BCUT2D eigenvalue weighted by Crippen LogP contribution is -2.04. The van der Waals surface area contributed by atoms with E-state index in [1.165, 1.54) is 4.68 Å². The molecule has 0 unspecified atom stereocenters. The minimum atomic E-state index is -3.74. The maximum Gasteiger partial charge on any atom is 0.207 e. The third-order valence-corrected chi connectivity index (χ3v) is 6.73. The highest BCUT2D eigenvalue weighted by Gasteiger charge is 2.23. The van der Waals surface area contributed by atoms with E-state index in [9.17, 15) is 8.42 Å². The van der Waals surface area contributed by atoms with Crippen molar-refractivity contribution in [1.82, 2.24) is 15.0 Å². The van der Waals surface area contributed by atoms with Gasteiger partial charge in [0.1, 0.15) is 11.4 Å². The summed E-state index contributed by atoms with van der Waals surface area (Å²) >= 11 is 0. The molecule has 0 amide bonds. The van der Waals surface area contributed by atoms with Crippen molar-refractivity contribution in [1.29, 1.82) is 0 Å². The second kappa shape index (κ2) is 8.23. The van der Waals surface area contributed by atoms with Crippen LogP contribution < -0.4 is 9.47 Å². The van der Waals surface area contributed by atoms with E-state index in [1.807, 2.05) is 19.1 Å². The van der Waals surface area contributed by atoms with E-state index in [4.69, 9.17) is 9.47 Å². The van der Waals surface area contributed by atoms with E-state index in [1.54, 1.807) is 75.0 Å². The maximum atomic E-state index is 13.3. The third kappa shape index (κ3) is 3.77. The fraction of sp³-hybridized carbons (Fsp3) is 0.130. The van der Waals surface area contributed by atoms with Gasteiger partial charge in [-0.1, -0.05) is 47.2 Å². The average molecular weight is 436 g/mol. The number of aromatic nitrogens is 3. The van der Waals surface area contributed by atoms with E-state index in [-0.39, 0.29) is 9.79 Å². The Morgan fingerprint density at radius 3 is 2.32 bits per heavy atom. The number of rotatable bonds is 6. The third-order valence-electron chi connectivity index (χ3n) is 4.91. The molecule has 0 aliphatic carbocycles. The number of para-hydroxylation sites is 1. The second-order valence-corrected chi connectivity index (χ2v) is 8.79. The van der Waals surface area contributed by atoms with Crippen LogP contribution >= 0.6 is 0 Å². The number of hydrogen-bond acceptors (Lipinski definition) is 6. The standard InChI is InChI=1S/C23H21N3O4S/c1-16-11-13-17(14-12-16)31(27,28)22-10-5-4-7-18(22)19-15-26(25-24-19)20-8-6-9-21(29-2)23(20)30-3/h4-15H,1-3H3. The van der Waals surface area contributed by atoms with Crippen molar-refractivity contribution in [2.45, 2.75) is 16.7 Å². The zero-order valence-electron chi connectivity index (χ0n) is 17.3. The van der Waals surface area contributed by atoms with E-state index >= 15 is 0 Å². The van der Waals surface area contributed by atoms with Gasteiger partial charge < -0.3 is 9.47 Å². The highest BCUT2D eigenvalue weighted by Crippen LogP contribution is 2.35. The fourth-order valence-corrected chi connectivity index (χ4v) is 4.78. The summed E-state index contributed by atoms with van der Waals surface area (Å²) in [6.07, 6.45) is 1.67. The van der Waals surface area contributed by atoms with E-state index in [0.717, 1.165) is 5.56 Å². The molecule has 0 atom stereocenters. The normalized spacial score (nSPS) is 11.3. The van der Waals surface area contributed by atoms with Gasteiger partial charge in [-0.2, -0.15) is 0 Å². The molecule has 1 aromatic heterocycles. The molecule has 0 aliphatic rings. The molecule has 1 heterocycles. The molecule has 3 aromatic carbocycles. The molecule has 0 radical (unpaired) electrons. The molecule has 158 valence electrons. The van der Waals surface area contributed by atoms with Crippen LogP contribution in [0.2, 0.25) is 0 Å². The largest absolute Gasteiger partial charge is 0.493 e. The summed E-state index contributed by atoms with van der Waals surface area (Å²) in [6, 6.07) is 19.0. The molecule has 0 saturated carbocycles. The van der Waals surface area contributed by atoms with E-state index in [2.05, 4.69) is 10.3 Å². The lowest BCUT2D eigenvalue weighted by atomic mass is 10.2. The van der Waals surface area contributed by atoms with Gasteiger partial charge in [0.2, 0.25) is 9.84 Å². The Bertz CT molecular complexity index is 1330. The van der Waals surface area contributed by atoms with Crippen LogP contribution in [0.5, 0.6) is 11.5 Å². The zero-order valence-corrected chi connectivity index (χ0v) is 18.1. The Morgan fingerprint density at radius 1 is 0.871 bits per heavy atom. The molecule has 0 fully saturated rings. The first kappa shape index (κ1) is 20.6. The van der Waals surface area contributed by atoms with Gasteiger partial charge in [0.25, 0.3) is 0 Å². The van der Waals surface area contributed by atoms with E-state index in [0.29, 0.717) is 28.4 Å². The molecule has 4 aromatic rings. The molecule has 0 saturated heterocycles. The van der Waals surface area contributed by atoms with Crippen LogP contribution in [0.25, 0.3) is 16.9 Å². The molecule has 0 N–H and O–H groups in total. The Labute approximate surface area is 180 Å². The van der Waals surface area contributed by atoms with Crippen LogP contribution in [0, 0.1) is 6.92 Å². The number of ether oxygens (including phenoxy) is 2. The fourth-order valence-electron chi connectivity index (χ4n) is 3.31. The van der Waals surface area contributed by atoms with Gasteiger partial charge in [-0.05, 0) is 37.3 Å². The number of benzene rings is 3. The number of nitrogens with zero attached hydrogens (tertiary/aromatic N) is 3. The Morgan fingerprint density at radius 2 is 1.61 bits per heavy atom. The number of hydrogen-bond donors (Lipinski definition) is 0. The maximum absolute atomic E-state index is 13.3. The summed E-state index contributed by atoms with van der Waals surface area (Å²) in [6.45, 7) is 1.91. The predicted molar refractivity (Wildman–Crippen MR) is 117 cm³/mol. The van der Waals surface area contributed by atoms with Crippen LogP contribution in [0.3, 0.4) is 0 Å². The van der Waals surface area contributed by atoms with Gasteiger partial charge in [0, 0.05) is 5.56 Å². The molecule has 4 rings (SSSR count). The minimum absolute atomic E-state index is 0.170. The van der Waals surface area contributed by atoms with Gasteiger partial charge in [0.15, 0.2) is 11.5 Å². The molecule has 31 heavy (non-hydrogen) atoms. The number of methoxy groups -OCH3 is 2. The summed E-state index contributed by atoms with van der Waals surface area (Å²) < 4.78 is 39.0. The Hall–Kier alpha value is -3.65. The summed E-state index contributed by atoms with van der Waals surface area (Å²) in [5, 5.41) is 8.42. The quantitative estimate of drug-likeness (QED) is 0.454. The monoisotopic (exact) mass is 435 g/mol. The topological polar surface area (TPSA) is 83.3 Å². The van der Waals surface area contributed by atoms with Crippen molar-refractivity contribution in [3.63, 3.8) is 0 Å². The Balaban J connectivity index is 1.81. The number of sulfone groups is 1. The summed E-state index contributed by atoms with van der Waals surface area (Å²) in [4.78, 5) is 0.399. The first-order valence-electron chi connectivity index (χ1n) is 9.50. The Kier molecular flexibility index (Phi) is 5.48. The van der Waals surface area contributed by atoms with Crippen molar-refractivity contribution in [2.75, 3.05) is 14.2 Å². The van der Waals surface area contributed by atoms with Crippen LogP contribution in [0.1, 0.15) is 5.56 Å². The van der Waals surface area contributed by atoms with Gasteiger partial charge in [0.05, 0.1) is 30.2 Å². The molecular weight excluding hydrogens is 414 g/mol. The van der Waals surface area contributed by atoms with Crippen molar-refractivity contribution in [3.05, 3.63) is 78.5 Å². The minimum Gasteiger partial charge on any atom is -0.493 e. The van der Waals surface area contributed by atoms with E-state index < -0.39 is 9.84 Å². The predicted octanol–water partition coefficient (Wildman–Crippen LogP) is 4.09. The molecule has 7 nitrogen and oxygen atoms in total. The highest BCUT2D eigenvalue weighted by molar-refractivity contribution is 7.91. The molecule has 8 heteroatoms. The molecular formula is C23H21N3O4S. The van der Waals surface area contributed by atoms with Crippen molar-refractivity contribution in [3.8, 4) is 28.4 Å². The van der Waals surface area contributed by atoms with Crippen LogP contribution in [0.15, 0.2) is 82.7 Å². The van der Waals surface area contributed by atoms with Crippen LogP contribution in [-0.4, -0.2) is 37.6 Å². The van der Waals surface area contributed by atoms with Gasteiger partial charge in [-0.25, -0.2) is 13.1 Å². The van der Waals surface area contributed by atoms with Crippen molar-refractivity contribution < 1.29 is 17.9 Å². The number of aryl methyl sites for hydroxylation is 1. The lowest BCUT2D eigenvalue weighted by molar-refractivity contribution is 0.353. The van der Waals surface area contributed by atoms with Crippen LogP contribution in [-0.2, 0) is 9.84 Å². The summed E-state index contributed by atoms with van der Waals surface area (Å²) in [5.74, 6) is 1.06. The van der Waals surface area contributed by atoms with Gasteiger partial charge in [-0.3, -0.25) is 0 Å². The summed E-state index contributed by atoms with van der Waals surface area (Å²) in [7, 11) is -0.635. The summed E-state index contributed by atoms with van der Waals surface area (Å²) in [5.41, 5.74) is 2.51. The lowest BCUT2D eigenvalue weighted by Gasteiger charge is -2.11. The molecule has 0 spiro atoms. The van der Waals surface area contributed by atoms with Crippen LogP contribution in [0.4, 0.5) is 0 Å². The van der Waals surface area contributed by atoms with Crippen molar-refractivity contribution in [2.24, 2.45) is 0 Å². The highest BCUT2D eigenvalue weighted by atomic mass is 32.2. The first-order valence-corrected chi connectivity index (χ1v) is 11.0. The van der Waals surface area contributed by atoms with Crippen molar-refractivity contribution >= 4 is 9.84 Å². The average Bonchev–Trinajstić information content (AvgIpc) is 3.28.